The lowest BCUT2D eigenvalue weighted by atomic mass is 9.68. The Kier molecular flexibility index (Phi) is 9.43. The van der Waals surface area contributed by atoms with E-state index in [1.165, 1.54) is 64.2 Å². The molecule has 0 spiro atoms. The maximum Gasteiger partial charge on any atom is 0.266 e. The topological polar surface area (TPSA) is 18.5 Å². The molecule has 0 amide bonds. The standard InChI is InChI=1S/C25H42F2O2/c1-3-5-18(2)23-16-28-25(29-17-23)22-14-12-21(13-15-22)20-10-8-19(9-11-20)6-4-7-24(26)27/h7,18-23,25H,3-6,8-17H2,1-2H3. The number of rotatable bonds is 8. The van der Waals surface area contributed by atoms with Crippen LogP contribution in [0.5, 0.6) is 0 Å². The lowest BCUT2D eigenvalue weighted by molar-refractivity contribution is -0.235. The fourth-order valence-corrected chi connectivity index (χ4v) is 6.09. The van der Waals surface area contributed by atoms with Crippen molar-refractivity contribution in [3.8, 4) is 0 Å². The van der Waals surface area contributed by atoms with E-state index in [2.05, 4.69) is 13.8 Å². The van der Waals surface area contributed by atoms with Crippen LogP contribution in [0.4, 0.5) is 8.78 Å². The minimum Gasteiger partial charge on any atom is -0.352 e. The van der Waals surface area contributed by atoms with Crippen LogP contribution >= 0.6 is 0 Å². The molecule has 0 bridgehead atoms. The molecule has 2 nitrogen and oxygen atoms in total. The van der Waals surface area contributed by atoms with E-state index in [-0.39, 0.29) is 6.29 Å². The molecular formula is C25H42F2O2. The number of hydrogen-bond donors (Lipinski definition) is 0. The predicted octanol–water partition coefficient (Wildman–Crippen LogP) is 7.59. The summed E-state index contributed by atoms with van der Waals surface area (Å²) in [6.45, 7) is 6.33. The van der Waals surface area contributed by atoms with E-state index in [1.807, 2.05) is 0 Å². The first-order valence-corrected chi connectivity index (χ1v) is 12.3. The van der Waals surface area contributed by atoms with Crippen molar-refractivity contribution in [1.29, 1.82) is 0 Å². The van der Waals surface area contributed by atoms with Gasteiger partial charge in [-0.05, 0) is 81.1 Å². The van der Waals surface area contributed by atoms with Crippen LogP contribution in [0, 0.1) is 35.5 Å². The van der Waals surface area contributed by atoms with E-state index in [4.69, 9.17) is 9.47 Å². The highest BCUT2D eigenvalue weighted by Crippen LogP contribution is 2.43. The Morgan fingerprint density at radius 3 is 2.00 bits per heavy atom. The molecule has 1 atom stereocenters. The number of allylic oxidation sites excluding steroid dienone is 1. The van der Waals surface area contributed by atoms with Gasteiger partial charge >= 0.3 is 0 Å². The molecule has 3 fully saturated rings. The summed E-state index contributed by atoms with van der Waals surface area (Å²) in [7, 11) is 0. The van der Waals surface area contributed by atoms with Crippen molar-refractivity contribution in [2.24, 2.45) is 35.5 Å². The van der Waals surface area contributed by atoms with Crippen molar-refractivity contribution in [2.45, 2.75) is 97.2 Å². The molecule has 0 radical (unpaired) electrons. The summed E-state index contributed by atoms with van der Waals surface area (Å²) in [6, 6.07) is 0. The summed E-state index contributed by atoms with van der Waals surface area (Å²) in [5.74, 6) is 4.20. The molecule has 1 aliphatic heterocycles. The molecule has 0 N–H and O–H groups in total. The molecule has 3 aliphatic rings. The average molecular weight is 413 g/mol. The van der Waals surface area contributed by atoms with E-state index in [1.54, 1.807) is 0 Å². The molecule has 0 aromatic carbocycles. The second-order valence-corrected chi connectivity index (χ2v) is 10.1. The zero-order valence-corrected chi connectivity index (χ0v) is 18.6. The first-order valence-electron chi connectivity index (χ1n) is 12.3. The van der Waals surface area contributed by atoms with Crippen LogP contribution in [0.1, 0.15) is 90.9 Å². The molecule has 3 rings (SSSR count). The fraction of sp³-hybridized carbons (Fsp3) is 0.920. The highest BCUT2D eigenvalue weighted by Gasteiger charge is 2.36. The average Bonchev–Trinajstić information content (AvgIpc) is 2.74. The number of ether oxygens (including phenoxy) is 2. The summed E-state index contributed by atoms with van der Waals surface area (Å²) in [6.07, 6.45) is 13.8. The molecule has 2 saturated carbocycles. The van der Waals surface area contributed by atoms with E-state index in [9.17, 15) is 8.78 Å². The Hall–Kier alpha value is -0.480. The van der Waals surface area contributed by atoms with Crippen molar-refractivity contribution in [2.75, 3.05) is 13.2 Å². The zero-order chi connectivity index (χ0) is 20.6. The van der Waals surface area contributed by atoms with E-state index in [0.29, 0.717) is 30.1 Å². The van der Waals surface area contributed by atoms with Gasteiger partial charge in [-0.1, -0.05) is 39.5 Å². The molecular weight excluding hydrogens is 370 g/mol. The Bertz CT molecular complexity index is 481. The largest absolute Gasteiger partial charge is 0.352 e. The van der Waals surface area contributed by atoms with Crippen LogP contribution in [0.15, 0.2) is 12.2 Å². The zero-order valence-electron chi connectivity index (χ0n) is 18.6. The third kappa shape index (κ3) is 7.02. The van der Waals surface area contributed by atoms with Gasteiger partial charge in [0.15, 0.2) is 6.29 Å². The van der Waals surface area contributed by atoms with Gasteiger partial charge in [0.25, 0.3) is 6.08 Å². The summed E-state index contributed by atoms with van der Waals surface area (Å²) in [5, 5.41) is 0. The fourth-order valence-electron chi connectivity index (χ4n) is 6.09. The molecule has 29 heavy (non-hydrogen) atoms. The SMILES string of the molecule is CCCC(C)C1COC(C2CCC(C3CCC(CCC=C(F)F)CC3)CC2)OC1. The monoisotopic (exact) mass is 412 g/mol. The molecule has 168 valence electrons. The lowest BCUT2D eigenvalue weighted by Gasteiger charge is -2.41. The summed E-state index contributed by atoms with van der Waals surface area (Å²) >= 11 is 0. The van der Waals surface area contributed by atoms with Gasteiger partial charge in [0.05, 0.1) is 13.2 Å². The van der Waals surface area contributed by atoms with Crippen LogP contribution < -0.4 is 0 Å². The third-order valence-corrected chi connectivity index (χ3v) is 8.13. The van der Waals surface area contributed by atoms with E-state index in [0.717, 1.165) is 37.5 Å². The van der Waals surface area contributed by atoms with Crippen LogP contribution in [-0.4, -0.2) is 19.5 Å². The quantitative estimate of drug-likeness (QED) is 0.409. The van der Waals surface area contributed by atoms with Crippen molar-refractivity contribution in [3.63, 3.8) is 0 Å². The molecule has 1 saturated heterocycles. The van der Waals surface area contributed by atoms with Crippen molar-refractivity contribution in [1.82, 2.24) is 0 Å². The van der Waals surface area contributed by atoms with Gasteiger partial charge in [-0.25, -0.2) is 0 Å². The van der Waals surface area contributed by atoms with Crippen LogP contribution in [0.2, 0.25) is 0 Å². The van der Waals surface area contributed by atoms with Gasteiger partial charge in [0.1, 0.15) is 0 Å². The minimum atomic E-state index is -1.52. The molecule has 0 aromatic heterocycles. The van der Waals surface area contributed by atoms with Crippen molar-refractivity contribution < 1.29 is 18.3 Å². The Morgan fingerprint density at radius 2 is 1.45 bits per heavy atom. The molecule has 4 heteroatoms. The maximum absolute atomic E-state index is 12.2. The number of halogens is 2. The van der Waals surface area contributed by atoms with Gasteiger partial charge in [-0.15, -0.1) is 0 Å². The van der Waals surface area contributed by atoms with Gasteiger partial charge in [-0.2, -0.15) is 8.78 Å². The van der Waals surface area contributed by atoms with Gasteiger partial charge in [0.2, 0.25) is 0 Å². The minimum absolute atomic E-state index is 0.0284. The third-order valence-electron chi connectivity index (χ3n) is 8.13. The van der Waals surface area contributed by atoms with E-state index >= 15 is 0 Å². The highest BCUT2D eigenvalue weighted by molar-refractivity contribution is 4.86. The second kappa shape index (κ2) is 11.8. The van der Waals surface area contributed by atoms with Gasteiger partial charge in [-0.3, -0.25) is 0 Å². The highest BCUT2D eigenvalue weighted by atomic mass is 19.3. The molecule has 0 aromatic rings. The second-order valence-electron chi connectivity index (χ2n) is 10.1. The van der Waals surface area contributed by atoms with Crippen molar-refractivity contribution >= 4 is 0 Å². The molecule has 2 aliphatic carbocycles. The molecule has 1 heterocycles. The summed E-state index contributed by atoms with van der Waals surface area (Å²) in [4.78, 5) is 0. The van der Waals surface area contributed by atoms with Gasteiger partial charge < -0.3 is 9.47 Å². The summed E-state index contributed by atoms with van der Waals surface area (Å²) < 4.78 is 36.7. The first-order chi connectivity index (χ1) is 14.1. The first kappa shape index (κ1) is 23.2. The summed E-state index contributed by atoms with van der Waals surface area (Å²) in [5.41, 5.74) is 0. The maximum atomic E-state index is 12.2. The van der Waals surface area contributed by atoms with Gasteiger partial charge in [0, 0.05) is 11.8 Å². The Morgan fingerprint density at radius 1 is 0.897 bits per heavy atom. The Balaban J connectivity index is 1.33. The Labute approximate surface area is 176 Å². The smallest absolute Gasteiger partial charge is 0.266 e. The van der Waals surface area contributed by atoms with Crippen LogP contribution in [0.3, 0.4) is 0 Å². The lowest BCUT2D eigenvalue weighted by Crippen LogP contribution is -2.40. The van der Waals surface area contributed by atoms with Crippen LogP contribution in [0.25, 0.3) is 0 Å². The predicted molar refractivity (Wildman–Crippen MR) is 114 cm³/mol. The normalized spacial score (nSPS) is 37.1. The van der Waals surface area contributed by atoms with Crippen LogP contribution in [-0.2, 0) is 9.47 Å². The van der Waals surface area contributed by atoms with E-state index < -0.39 is 6.08 Å². The number of hydrogen-bond acceptors (Lipinski definition) is 2. The molecule has 1 unspecified atom stereocenters. The van der Waals surface area contributed by atoms with Crippen molar-refractivity contribution in [3.05, 3.63) is 12.2 Å².